The van der Waals surface area contributed by atoms with Crippen molar-refractivity contribution >= 4 is 27.5 Å². The molecule has 186 valence electrons. The van der Waals surface area contributed by atoms with E-state index in [9.17, 15) is 22.4 Å². The highest BCUT2D eigenvalue weighted by Gasteiger charge is 2.30. The lowest BCUT2D eigenvalue weighted by atomic mass is 10.1. The van der Waals surface area contributed by atoms with Crippen molar-refractivity contribution in [2.75, 3.05) is 24.2 Å². The maximum Gasteiger partial charge on any atom is 0.244 e. The molecule has 0 aliphatic rings. The number of carbonyl (C=O) groups is 2. The summed E-state index contributed by atoms with van der Waals surface area (Å²) in [6, 6.07) is 10.9. The van der Waals surface area contributed by atoms with E-state index in [1.165, 1.54) is 17.0 Å². The van der Waals surface area contributed by atoms with Gasteiger partial charge in [-0.2, -0.15) is 0 Å². The first-order chi connectivity index (χ1) is 16.0. The fourth-order valence-corrected chi connectivity index (χ4v) is 4.05. The van der Waals surface area contributed by atoms with Crippen LogP contribution in [-0.4, -0.2) is 57.1 Å². The van der Waals surface area contributed by atoms with Crippen LogP contribution in [0, 0.1) is 5.82 Å². The number of halogens is 1. The Hall–Kier alpha value is -3.14. The molecule has 2 aromatic carbocycles. The van der Waals surface area contributed by atoms with E-state index in [1.807, 2.05) is 13.8 Å². The molecule has 1 N–H and O–H groups in total. The van der Waals surface area contributed by atoms with Crippen LogP contribution < -0.4 is 14.4 Å². The number of benzene rings is 2. The van der Waals surface area contributed by atoms with Gasteiger partial charge in [-0.25, -0.2) is 12.8 Å². The van der Waals surface area contributed by atoms with Crippen LogP contribution in [0.25, 0.3) is 0 Å². The molecule has 0 aliphatic heterocycles. The van der Waals surface area contributed by atoms with E-state index in [0.717, 1.165) is 34.7 Å². The van der Waals surface area contributed by atoms with E-state index >= 15 is 0 Å². The lowest BCUT2D eigenvalue weighted by molar-refractivity contribution is -0.139. The molecule has 2 rings (SSSR count). The molecule has 0 aromatic heterocycles. The van der Waals surface area contributed by atoms with Crippen LogP contribution in [0.1, 0.15) is 32.8 Å². The van der Waals surface area contributed by atoms with Gasteiger partial charge in [-0.05, 0) is 62.2 Å². The molecule has 0 radical (unpaired) electrons. The van der Waals surface area contributed by atoms with Gasteiger partial charge in [-0.3, -0.25) is 13.9 Å². The Morgan fingerprint density at radius 3 is 2.15 bits per heavy atom. The monoisotopic (exact) mass is 493 g/mol. The number of amides is 2. The molecule has 2 aromatic rings. The predicted octanol–water partition coefficient (Wildman–Crippen LogP) is 2.93. The molecule has 0 bridgehead atoms. The molecule has 10 heteroatoms. The van der Waals surface area contributed by atoms with Crippen molar-refractivity contribution in [1.82, 2.24) is 10.2 Å². The third-order valence-electron chi connectivity index (χ3n) is 5.47. The number of methoxy groups -OCH3 is 1. The van der Waals surface area contributed by atoms with Crippen LogP contribution in [0.4, 0.5) is 10.1 Å². The SMILES string of the molecule is CC[C@H](C)NC(=O)[C@H](C)N(Cc1ccc(OC)cc1)C(=O)CN(c1ccc(F)cc1)S(C)(=O)=O. The second-order valence-electron chi connectivity index (χ2n) is 8.11. The van der Waals surface area contributed by atoms with Gasteiger partial charge in [0, 0.05) is 12.6 Å². The Morgan fingerprint density at radius 1 is 1.06 bits per heavy atom. The Labute approximate surface area is 200 Å². The summed E-state index contributed by atoms with van der Waals surface area (Å²) in [5, 5.41) is 2.86. The van der Waals surface area contributed by atoms with E-state index in [0.29, 0.717) is 5.75 Å². The fraction of sp³-hybridized carbons (Fsp3) is 0.417. The van der Waals surface area contributed by atoms with Gasteiger partial charge in [0.2, 0.25) is 21.8 Å². The first-order valence-electron chi connectivity index (χ1n) is 10.9. The zero-order valence-electron chi connectivity index (χ0n) is 20.1. The fourth-order valence-electron chi connectivity index (χ4n) is 3.20. The molecule has 0 aliphatic carbocycles. The Morgan fingerprint density at radius 2 is 1.65 bits per heavy atom. The highest BCUT2D eigenvalue weighted by atomic mass is 32.2. The van der Waals surface area contributed by atoms with Crippen LogP contribution in [0.3, 0.4) is 0 Å². The molecule has 0 heterocycles. The van der Waals surface area contributed by atoms with Gasteiger partial charge in [0.1, 0.15) is 24.2 Å². The van der Waals surface area contributed by atoms with E-state index < -0.39 is 34.3 Å². The Kier molecular flexibility index (Phi) is 9.43. The molecular formula is C24H32FN3O5S. The van der Waals surface area contributed by atoms with Crippen LogP contribution in [0.5, 0.6) is 5.75 Å². The topological polar surface area (TPSA) is 96.0 Å². The van der Waals surface area contributed by atoms with Gasteiger partial charge in [0.25, 0.3) is 0 Å². The normalized spacial score (nSPS) is 13.0. The smallest absolute Gasteiger partial charge is 0.244 e. The average molecular weight is 494 g/mol. The highest BCUT2D eigenvalue weighted by molar-refractivity contribution is 7.92. The van der Waals surface area contributed by atoms with E-state index in [1.54, 1.807) is 38.3 Å². The zero-order valence-corrected chi connectivity index (χ0v) is 20.9. The van der Waals surface area contributed by atoms with Crippen LogP contribution in [0.2, 0.25) is 0 Å². The molecule has 2 amide bonds. The third kappa shape index (κ3) is 7.44. The van der Waals surface area contributed by atoms with E-state index in [4.69, 9.17) is 4.74 Å². The maximum atomic E-state index is 13.4. The third-order valence-corrected chi connectivity index (χ3v) is 6.61. The molecule has 0 saturated carbocycles. The molecule has 34 heavy (non-hydrogen) atoms. The highest BCUT2D eigenvalue weighted by Crippen LogP contribution is 2.20. The quantitative estimate of drug-likeness (QED) is 0.519. The number of nitrogens with one attached hydrogen (secondary N) is 1. The van der Waals surface area contributed by atoms with Gasteiger partial charge in [-0.15, -0.1) is 0 Å². The lowest BCUT2D eigenvalue weighted by Crippen LogP contribution is -2.52. The Balaban J connectivity index is 2.36. The minimum absolute atomic E-state index is 0.0823. The summed E-state index contributed by atoms with van der Waals surface area (Å²) in [4.78, 5) is 27.6. The summed E-state index contributed by atoms with van der Waals surface area (Å²) in [7, 11) is -2.32. The first kappa shape index (κ1) is 27.1. The molecule has 0 saturated heterocycles. The molecule has 0 spiro atoms. The minimum Gasteiger partial charge on any atom is -0.497 e. The van der Waals surface area contributed by atoms with Crippen molar-refractivity contribution in [2.24, 2.45) is 0 Å². The minimum atomic E-state index is -3.86. The summed E-state index contributed by atoms with van der Waals surface area (Å²) in [5.74, 6) is -0.801. The number of rotatable bonds is 11. The van der Waals surface area contributed by atoms with Crippen molar-refractivity contribution in [1.29, 1.82) is 0 Å². The van der Waals surface area contributed by atoms with Crippen molar-refractivity contribution in [2.45, 2.75) is 45.8 Å². The summed E-state index contributed by atoms with van der Waals surface area (Å²) < 4.78 is 44.3. The number of sulfonamides is 1. The second-order valence-corrected chi connectivity index (χ2v) is 10.0. The molecular weight excluding hydrogens is 461 g/mol. The first-order valence-corrected chi connectivity index (χ1v) is 12.8. The van der Waals surface area contributed by atoms with Crippen LogP contribution in [-0.2, 0) is 26.2 Å². The van der Waals surface area contributed by atoms with Crippen molar-refractivity contribution < 1.29 is 27.1 Å². The van der Waals surface area contributed by atoms with E-state index in [2.05, 4.69) is 5.32 Å². The molecule has 8 nitrogen and oxygen atoms in total. The molecule has 0 unspecified atom stereocenters. The van der Waals surface area contributed by atoms with Gasteiger partial charge in [0.15, 0.2) is 0 Å². The zero-order chi connectivity index (χ0) is 25.5. The molecule has 0 fully saturated rings. The summed E-state index contributed by atoms with van der Waals surface area (Å²) in [6.07, 6.45) is 1.69. The average Bonchev–Trinajstić information content (AvgIpc) is 2.80. The van der Waals surface area contributed by atoms with Crippen LogP contribution in [0.15, 0.2) is 48.5 Å². The van der Waals surface area contributed by atoms with Crippen LogP contribution >= 0.6 is 0 Å². The number of hydrogen-bond acceptors (Lipinski definition) is 5. The summed E-state index contributed by atoms with van der Waals surface area (Å²) in [6.45, 7) is 4.94. The molecule has 2 atom stereocenters. The number of ether oxygens (including phenoxy) is 1. The number of carbonyl (C=O) groups excluding carboxylic acids is 2. The number of hydrogen-bond donors (Lipinski definition) is 1. The van der Waals surface area contributed by atoms with Gasteiger partial charge < -0.3 is 15.0 Å². The lowest BCUT2D eigenvalue weighted by Gasteiger charge is -2.32. The largest absolute Gasteiger partial charge is 0.497 e. The number of anilines is 1. The summed E-state index contributed by atoms with van der Waals surface area (Å²) in [5.41, 5.74) is 0.892. The van der Waals surface area contributed by atoms with Gasteiger partial charge in [-0.1, -0.05) is 19.1 Å². The standard InChI is InChI=1S/C24H32FN3O5S/c1-6-17(2)26-24(30)18(3)27(15-19-7-13-22(33-4)14-8-19)23(29)16-28(34(5,31)32)21-11-9-20(25)10-12-21/h7-14,17-18H,6,15-16H2,1-5H3,(H,26,30)/t17-,18-/m0/s1. The van der Waals surface area contributed by atoms with Gasteiger partial charge in [0.05, 0.1) is 19.1 Å². The number of nitrogens with zero attached hydrogens (tertiary/aromatic N) is 2. The van der Waals surface area contributed by atoms with E-state index in [-0.39, 0.29) is 24.2 Å². The van der Waals surface area contributed by atoms with Gasteiger partial charge >= 0.3 is 0 Å². The second kappa shape index (κ2) is 11.8. The van der Waals surface area contributed by atoms with Crippen molar-refractivity contribution in [3.63, 3.8) is 0 Å². The summed E-state index contributed by atoms with van der Waals surface area (Å²) >= 11 is 0. The Bertz CT molecular complexity index is 1070. The predicted molar refractivity (Wildman–Crippen MR) is 129 cm³/mol. The maximum absolute atomic E-state index is 13.4. The van der Waals surface area contributed by atoms with Crippen molar-refractivity contribution in [3.8, 4) is 5.75 Å². The van der Waals surface area contributed by atoms with Crippen molar-refractivity contribution in [3.05, 3.63) is 59.9 Å².